The highest BCUT2D eigenvalue weighted by atomic mass is 16.5. The van der Waals surface area contributed by atoms with Crippen LogP contribution >= 0.6 is 0 Å². The van der Waals surface area contributed by atoms with E-state index in [4.69, 9.17) is 4.74 Å². The van der Waals surface area contributed by atoms with Crippen LogP contribution in [0.4, 0.5) is 5.69 Å². The number of aliphatic hydroxyl groups is 1. The van der Waals surface area contributed by atoms with Crippen LogP contribution in [0.3, 0.4) is 0 Å². The average molecular weight is 368 g/mol. The van der Waals surface area contributed by atoms with Crippen LogP contribution in [0.5, 0.6) is 5.88 Å². The minimum Gasteiger partial charge on any atom is -0.477 e. The first-order valence-electron chi connectivity index (χ1n) is 10.3. The second-order valence-corrected chi connectivity index (χ2v) is 8.48. The lowest BCUT2D eigenvalue weighted by atomic mass is 9.80. The van der Waals surface area contributed by atoms with Gasteiger partial charge in [0.2, 0.25) is 5.88 Å². The maximum Gasteiger partial charge on any atom is 0.224 e. The van der Waals surface area contributed by atoms with E-state index < -0.39 is 5.60 Å². The van der Waals surface area contributed by atoms with Gasteiger partial charge in [0.05, 0.1) is 23.1 Å². The fourth-order valence-corrected chi connectivity index (χ4v) is 4.14. The van der Waals surface area contributed by atoms with Crippen molar-refractivity contribution < 1.29 is 9.84 Å². The van der Waals surface area contributed by atoms with Gasteiger partial charge < -0.3 is 14.7 Å². The largest absolute Gasteiger partial charge is 0.477 e. The van der Waals surface area contributed by atoms with Crippen molar-refractivity contribution in [1.82, 2.24) is 14.9 Å². The van der Waals surface area contributed by atoms with E-state index in [0.717, 1.165) is 63.1 Å². The fraction of sp³-hybridized carbons (Fsp3) is 0.619. The van der Waals surface area contributed by atoms with Crippen molar-refractivity contribution in [3.05, 3.63) is 24.5 Å². The number of benzene rings is 1. The maximum absolute atomic E-state index is 10.4. The predicted molar refractivity (Wildman–Crippen MR) is 105 cm³/mol. The number of hydrogen-bond acceptors (Lipinski definition) is 6. The van der Waals surface area contributed by atoms with E-state index in [1.807, 2.05) is 0 Å². The Morgan fingerprint density at radius 1 is 1.11 bits per heavy atom. The summed E-state index contributed by atoms with van der Waals surface area (Å²) in [4.78, 5) is 13.6. The number of nitrogens with zero attached hydrogens (tertiary/aromatic N) is 4. The summed E-state index contributed by atoms with van der Waals surface area (Å²) < 4.78 is 5.97. The highest BCUT2D eigenvalue weighted by Gasteiger charge is 2.36. The van der Waals surface area contributed by atoms with Gasteiger partial charge in [-0.2, -0.15) is 0 Å². The summed E-state index contributed by atoms with van der Waals surface area (Å²) in [5, 5.41) is 11.4. The molecule has 0 spiro atoms. The number of piperazine rings is 1. The van der Waals surface area contributed by atoms with Crippen molar-refractivity contribution in [2.24, 2.45) is 5.92 Å². The first kappa shape index (κ1) is 17.2. The summed E-state index contributed by atoms with van der Waals surface area (Å²) in [5.41, 5.74) is 1.72. The van der Waals surface area contributed by atoms with Gasteiger partial charge in [-0.3, -0.25) is 4.90 Å². The van der Waals surface area contributed by atoms with Crippen molar-refractivity contribution >= 4 is 16.6 Å². The van der Waals surface area contributed by atoms with E-state index in [1.165, 1.54) is 24.9 Å². The van der Waals surface area contributed by atoms with Crippen LogP contribution in [0.2, 0.25) is 0 Å². The Kier molecular flexibility index (Phi) is 4.40. The lowest BCUT2D eigenvalue weighted by Crippen LogP contribution is -2.54. The molecule has 1 aromatic heterocycles. The van der Waals surface area contributed by atoms with Gasteiger partial charge in [0.1, 0.15) is 6.33 Å². The lowest BCUT2D eigenvalue weighted by molar-refractivity contribution is -0.0594. The summed E-state index contributed by atoms with van der Waals surface area (Å²) in [7, 11) is 0. The molecule has 2 heterocycles. The molecule has 1 N–H and O–H groups in total. The predicted octanol–water partition coefficient (Wildman–Crippen LogP) is 2.46. The monoisotopic (exact) mass is 368 g/mol. The molecular formula is C21H28N4O2. The molecule has 0 bridgehead atoms. The zero-order valence-electron chi connectivity index (χ0n) is 15.8. The molecule has 3 fully saturated rings. The van der Waals surface area contributed by atoms with Crippen LogP contribution in [0, 0.1) is 5.92 Å². The Bertz CT molecular complexity index is 811. The minimum absolute atomic E-state index is 0.420. The number of ether oxygens (including phenoxy) is 1. The van der Waals surface area contributed by atoms with Gasteiger partial charge in [-0.25, -0.2) is 9.97 Å². The Hall–Kier alpha value is -1.92. The topological polar surface area (TPSA) is 61.7 Å². The van der Waals surface area contributed by atoms with E-state index in [-0.39, 0.29) is 0 Å². The minimum atomic E-state index is -0.420. The van der Waals surface area contributed by atoms with Crippen molar-refractivity contribution in [2.45, 2.75) is 37.7 Å². The van der Waals surface area contributed by atoms with E-state index in [0.29, 0.717) is 11.8 Å². The van der Waals surface area contributed by atoms with E-state index >= 15 is 0 Å². The molecule has 1 saturated heterocycles. The van der Waals surface area contributed by atoms with Crippen LogP contribution in [-0.4, -0.2) is 64.9 Å². The van der Waals surface area contributed by atoms with Crippen LogP contribution in [-0.2, 0) is 0 Å². The van der Waals surface area contributed by atoms with Crippen molar-refractivity contribution in [3.63, 3.8) is 0 Å². The number of anilines is 1. The second-order valence-electron chi connectivity index (χ2n) is 8.48. The van der Waals surface area contributed by atoms with Crippen LogP contribution in [0.1, 0.15) is 32.1 Å². The smallest absolute Gasteiger partial charge is 0.224 e. The summed E-state index contributed by atoms with van der Waals surface area (Å²) in [5.74, 6) is 1.41. The number of hydrogen-bond donors (Lipinski definition) is 1. The summed E-state index contributed by atoms with van der Waals surface area (Å²) in [6, 6.07) is 6.39. The molecular weight excluding hydrogens is 340 g/mol. The normalized spacial score (nSPS) is 22.6. The molecule has 2 aromatic rings. The Labute approximate surface area is 160 Å². The van der Waals surface area contributed by atoms with Gasteiger partial charge in [0.15, 0.2) is 0 Å². The molecule has 6 heteroatoms. The summed E-state index contributed by atoms with van der Waals surface area (Å²) in [6.07, 6.45) is 7.22. The Morgan fingerprint density at radius 3 is 2.63 bits per heavy atom. The highest BCUT2D eigenvalue weighted by Crippen LogP contribution is 2.34. The average Bonchev–Trinajstić information content (AvgIpc) is 3.50. The summed E-state index contributed by atoms with van der Waals surface area (Å²) >= 11 is 0. The van der Waals surface area contributed by atoms with Crippen molar-refractivity contribution in [2.75, 3.05) is 44.2 Å². The molecule has 6 nitrogen and oxygen atoms in total. The third kappa shape index (κ3) is 3.73. The zero-order chi connectivity index (χ0) is 18.3. The fourth-order valence-electron chi connectivity index (χ4n) is 4.14. The molecule has 3 aliphatic rings. The molecule has 0 amide bonds. The molecule has 2 saturated carbocycles. The summed E-state index contributed by atoms with van der Waals surface area (Å²) in [6.45, 7) is 5.54. The molecule has 0 radical (unpaired) electrons. The van der Waals surface area contributed by atoms with Crippen molar-refractivity contribution in [1.29, 1.82) is 0 Å². The highest BCUT2D eigenvalue weighted by molar-refractivity contribution is 5.86. The SMILES string of the molecule is OC1(CN2CCN(c3ccc4ncnc(OCC5CC5)c4c3)CC2)CCC1. The van der Waals surface area contributed by atoms with Gasteiger partial charge in [0, 0.05) is 38.4 Å². The van der Waals surface area contributed by atoms with Gasteiger partial charge >= 0.3 is 0 Å². The third-order valence-corrected chi connectivity index (χ3v) is 6.27. The van der Waals surface area contributed by atoms with Crippen LogP contribution < -0.4 is 9.64 Å². The Morgan fingerprint density at radius 2 is 1.93 bits per heavy atom. The van der Waals surface area contributed by atoms with Crippen LogP contribution in [0.15, 0.2) is 24.5 Å². The van der Waals surface area contributed by atoms with Crippen LogP contribution in [0.25, 0.3) is 10.9 Å². The first-order valence-corrected chi connectivity index (χ1v) is 10.3. The van der Waals surface area contributed by atoms with Gasteiger partial charge in [0.25, 0.3) is 0 Å². The van der Waals surface area contributed by atoms with Crippen molar-refractivity contribution in [3.8, 4) is 5.88 Å². The number of rotatable bonds is 6. The Balaban J connectivity index is 1.27. The molecule has 1 aromatic carbocycles. The molecule has 2 aliphatic carbocycles. The number of β-amino-alcohol motifs (C(OH)–C–C–N with tert-alkyl or cyclic N) is 1. The van der Waals surface area contributed by atoms with E-state index in [9.17, 15) is 5.11 Å². The maximum atomic E-state index is 10.4. The standard InChI is InChI=1S/C21H28N4O2/c26-21(6-1-7-21)14-24-8-10-25(11-9-24)17-4-5-19-18(12-17)20(23-15-22-19)27-13-16-2-3-16/h4-5,12,15-16,26H,1-3,6-11,13-14H2. The third-order valence-electron chi connectivity index (χ3n) is 6.27. The molecule has 0 unspecified atom stereocenters. The number of aromatic nitrogens is 2. The molecule has 5 rings (SSSR count). The van der Waals surface area contributed by atoms with Gasteiger partial charge in [-0.1, -0.05) is 0 Å². The molecule has 0 atom stereocenters. The lowest BCUT2D eigenvalue weighted by Gasteiger charge is -2.44. The van der Waals surface area contributed by atoms with Gasteiger partial charge in [-0.05, 0) is 56.2 Å². The number of fused-ring (bicyclic) bond motifs is 1. The quantitative estimate of drug-likeness (QED) is 0.845. The first-order chi connectivity index (χ1) is 13.2. The zero-order valence-corrected chi connectivity index (χ0v) is 15.8. The molecule has 144 valence electrons. The molecule has 1 aliphatic heterocycles. The molecule has 27 heavy (non-hydrogen) atoms. The van der Waals surface area contributed by atoms with E-state index in [1.54, 1.807) is 6.33 Å². The van der Waals surface area contributed by atoms with E-state index in [2.05, 4.69) is 38.0 Å². The van der Waals surface area contributed by atoms with Gasteiger partial charge in [-0.15, -0.1) is 0 Å². The second kappa shape index (κ2) is 6.91.